The van der Waals surface area contributed by atoms with Crippen LogP contribution in [0.3, 0.4) is 0 Å². The second-order valence-electron chi connectivity index (χ2n) is 6.97. The quantitative estimate of drug-likeness (QED) is 0.879. The molecule has 1 heterocycles. The van der Waals surface area contributed by atoms with Gasteiger partial charge in [-0.3, -0.25) is 0 Å². The molecule has 2 fully saturated rings. The SMILES string of the molecule is O=C(Nc1cccc(-c2ccccc2)c1)N1CCS(=O)(=O)C2CCCC21. The fourth-order valence-corrected chi connectivity index (χ4v) is 6.12. The molecule has 136 valence electrons. The number of hydrogen-bond acceptors (Lipinski definition) is 3. The van der Waals surface area contributed by atoms with E-state index in [2.05, 4.69) is 5.32 Å². The van der Waals surface area contributed by atoms with Gasteiger partial charge in [0, 0.05) is 12.2 Å². The van der Waals surface area contributed by atoms with E-state index in [0.29, 0.717) is 6.42 Å². The predicted octanol–water partition coefficient (Wildman–Crippen LogP) is 3.54. The molecular weight excluding hydrogens is 348 g/mol. The number of urea groups is 1. The van der Waals surface area contributed by atoms with Gasteiger partial charge in [0.05, 0.1) is 17.0 Å². The Labute approximate surface area is 153 Å². The monoisotopic (exact) mass is 370 g/mol. The second kappa shape index (κ2) is 6.76. The predicted molar refractivity (Wildman–Crippen MR) is 103 cm³/mol. The molecule has 26 heavy (non-hydrogen) atoms. The van der Waals surface area contributed by atoms with E-state index in [-0.39, 0.29) is 24.4 Å². The van der Waals surface area contributed by atoms with Gasteiger partial charge in [0.1, 0.15) is 0 Å². The molecule has 0 bridgehead atoms. The summed E-state index contributed by atoms with van der Waals surface area (Å²) in [5, 5.41) is 2.56. The van der Waals surface area contributed by atoms with Crippen LogP contribution in [0.25, 0.3) is 11.1 Å². The van der Waals surface area contributed by atoms with Gasteiger partial charge in [0.25, 0.3) is 0 Å². The first kappa shape index (κ1) is 17.1. The number of rotatable bonds is 2. The summed E-state index contributed by atoms with van der Waals surface area (Å²) in [5.41, 5.74) is 2.84. The first-order chi connectivity index (χ1) is 12.5. The molecule has 0 radical (unpaired) electrons. The van der Waals surface area contributed by atoms with E-state index in [1.165, 1.54) is 0 Å². The smallest absolute Gasteiger partial charge is 0.319 e. The number of benzene rings is 2. The van der Waals surface area contributed by atoms with Crippen LogP contribution in [0.15, 0.2) is 54.6 Å². The Morgan fingerprint density at radius 1 is 1.00 bits per heavy atom. The minimum Gasteiger partial charge on any atom is -0.319 e. The van der Waals surface area contributed by atoms with Crippen LogP contribution in [0.5, 0.6) is 0 Å². The van der Waals surface area contributed by atoms with E-state index in [9.17, 15) is 13.2 Å². The normalized spacial score (nSPS) is 24.1. The van der Waals surface area contributed by atoms with Crippen molar-refractivity contribution in [2.75, 3.05) is 17.6 Å². The number of fused-ring (bicyclic) bond motifs is 1. The summed E-state index contributed by atoms with van der Waals surface area (Å²) < 4.78 is 24.5. The van der Waals surface area contributed by atoms with Crippen molar-refractivity contribution in [3.8, 4) is 11.1 Å². The Bertz CT molecular complexity index is 912. The van der Waals surface area contributed by atoms with E-state index < -0.39 is 15.1 Å². The third-order valence-corrected chi connectivity index (χ3v) is 7.60. The maximum absolute atomic E-state index is 12.8. The minimum atomic E-state index is -3.06. The summed E-state index contributed by atoms with van der Waals surface area (Å²) in [5.74, 6) is 0.0612. The summed E-state index contributed by atoms with van der Waals surface area (Å²) in [4.78, 5) is 14.5. The molecule has 2 aromatic rings. The highest BCUT2D eigenvalue weighted by atomic mass is 32.2. The number of nitrogens with one attached hydrogen (secondary N) is 1. The lowest BCUT2D eigenvalue weighted by Crippen LogP contribution is -2.55. The van der Waals surface area contributed by atoms with Gasteiger partial charge < -0.3 is 10.2 Å². The Kier molecular flexibility index (Phi) is 4.44. The standard InChI is InChI=1S/C20H22N2O3S/c23-20(22-12-13-26(24,25)19-11-5-10-18(19)22)21-17-9-4-8-16(14-17)15-6-2-1-3-7-15/h1-4,6-9,14,18-19H,5,10-13H2,(H,21,23). The molecule has 6 heteroatoms. The van der Waals surface area contributed by atoms with E-state index in [1.54, 1.807) is 4.90 Å². The van der Waals surface area contributed by atoms with Gasteiger partial charge in [0.2, 0.25) is 0 Å². The average Bonchev–Trinajstić information content (AvgIpc) is 3.14. The number of sulfone groups is 1. The van der Waals surface area contributed by atoms with Crippen molar-refractivity contribution in [2.45, 2.75) is 30.6 Å². The van der Waals surface area contributed by atoms with Crippen LogP contribution in [0.1, 0.15) is 19.3 Å². The third-order valence-electron chi connectivity index (χ3n) is 5.38. The first-order valence-electron chi connectivity index (χ1n) is 8.99. The van der Waals surface area contributed by atoms with Crippen LogP contribution < -0.4 is 5.32 Å². The molecule has 2 amide bonds. The fraction of sp³-hybridized carbons (Fsp3) is 0.350. The summed E-state index contributed by atoms with van der Waals surface area (Å²) >= 11 is 0. The van der Waals surface area contributed by atoms with E-state index in [1.807, 2.05) is 54.6 Å². The third kappa shape index (κ3) is 3.21. The molecule has 1 saturated heterocycles. The average molecular weight is 370 g/mol. The molecule has 1 aliphatic heterocycles. The Hall–Kier alpha value is -2.34. The highest BCUT2D eigenvalue weighted by Gasteiger charge is 2.45. The maximum Gasteiger partial charge on any atom is 0.322 e. The van der Waals surface area contributed by atoms with Crippen LogP contribution in [0, 0.1) is 0 Å². The summed E-state index contributed by atoms with van der Waals surface area (Å²) in [6.07, 6.45) is 2.30. The maximum atomic E-state index is 12.8. The van der Waals surface area contributed by atoms with Gasteiger partial charge in [-0.05, 0) is 42.5 Å². The van der Waals surface area contributed by atoms with Gasteiger partial charge in [-0.1, -0.05) is 42.5 Å². The Balaban J connectivity index is 1.52. The second-order valence-corrected chi connectivity index (χ2v) is 9.31. The van der Waals surface area contributed by atoms with Crippen molar-refractivity contribution < 1.29 is 13.2 Å². The largest absolute Gasteiger partial charge is 0.322 e. The van der Waals surface area contributed by atoms with Crippen molar-refractivity contribution in [3.05, 3.63) is 54.6 Å². The van der Waals surface area contributed by atoms with Gasteiger partial charge in [0.15, 0.2) is 9.84 Å². The molecule has 2 atom stereocenters. The molecule has 1 N–H and O–H groups in total. The van der Waals surface area contributed by atoms with Crippen LogP contribution in [0.2, 0.25) is 0 Å². The molecule has 1 saturated carbocycles. The molecule has 0 aromatic heterocycles. The number of anilines is 1. The lowest BCUT2D eigenvalue weighted by molar-refractivity contribution is 0.189. The van der Waals surface area contributed by atoms with Crippen LogP contribution in [0.4, 0.5) is 10.5 Å². The molecule has 5 nitrogen and oxygen atoms in total. The molecule has 2 unspecified atom stereocenters. The van der Waals surface area contributed by atoms with E-state index >= 15 is 0 Å². The number of carbonyl (C=O) groups excluding carboxylic acids is 1. The number of hydrogen-bond donors (Lipinski definition) is 1. The minimum absolute atomic E-state index is 0.0612. The van der Waals surface area contributed by atoms with Crippen molar-refractivity contribution in [3.63, 3.8) is 0 Å². The highest BCUT2D eigenvalue weighted by Crippen LogP contribution is 2.34. The van der Waals surface area contributed by atoms with Crippen LogP contribution >= 0.6 is 0 Å². The van der Waals surface area contributed by atoms with Crippen molar-refractivity contribution in [2.24, 2.45) is 0 Å². The summed E-state index contributed by atoms with van der Waals surface area (Å²) in [7, 11) is -3.06. The fourth-order valence-electron chi connectivity index (χ4n) is 4.08. The lowest BCUT2D eigenvalue weighted by Gasteiger charge is -2.37. The van der Waals surface area contributed by atoms with Gasteiger partial charge >= 0.3 is 6.03 Å². The molecule has 0 spiro atoms. The zero-order chi connectivity index (χ0) is 18.1. The van der Waals surface area contributed by atoms with Crippen LogP contribution in [-0.4, -0.2) is 42.9 Å². The zero-order valence-electron chi connectivity index (χ0n) is 14.5. The Morgan fingerprint density at radius 2 is 1.77 bits per heavy atom. The molecular formula is C20H22N2O3S. The van der Waals surface area contributed by atoms with Crippen molar-refractivity contribution in [1.82, 2.24) is 4.90 Å². The zero-order valence-corrected chi connectivity index (χ0v) is 15.3. The summed E-state index contributed by atoms with van der Waals surface area (Å²) in [6.45, 7) is 0.272. The number of carbonyl (C=O) groups is 1. The lowest BCUT2D eigenvalue weighted by atomic mass is 10.1. The molecule has 1 aliphatic carbocycles. The van der Waals surface area contributed by atoms with Gasteiger partial charge in [-0.25, -0.2) is 13.2 Å². The topological polar surface area (TPSA) is 66.5 Å². The molecule has 4 rings (SSSR count). The van der Waals surface area contributed by atoms with Gasteiger partial charge in [-0.15, -0.1) is 0 Å². The number of amides is 2. The van der Waals surface area contributed by atoms with E-state index in [4.69, 9.17) is 0 Å². The Morgan fingerprint density at radius 3 is 2.58 bits per heavy atom. The van der Waals surface area contributed by atoms with Crippen LogP contribution in [-0.2, 0) is 9.84 Å². The molecule has 2 aromatic carbocycles. The highest BCUT2D eigenvalue weighted by molar-refractivity contribution is 7.92. The van der Waals surface area contributed by atoms with Crippen molar-refractivity contribution in [1.29, 1.82) is 0 Å². The molecule has 2 aliphatic rings. The summed E-state index contributed by atoms with van der Waals surface area (Å²) in [6, 6.07) is 17.3. The number of nitrogens with zero attached hydrogens (tertiary/aromatic N) is 1. The first-order valence-corrected chi connectivity index (χ1v) is 10.7. The van der Waals surface area contributed by atoms with E-state index in [0.717, 1.165) is 29.7 Å². The van der Waals surface area contributed by atoms with Gasteiger partial charge in [-0.2, -0.15) is 0 Å². The van der Waals surface area contributed by atoms with Crippen molar-refractivity contribution >= 4 is 21.6 Å².